The second-order valence-corrected chi connectivity index (χ2v) is 9.44. The number of halogens is 1. The van der Waals surface area contributed by atoms with Gasteiger partial charge < -0.3 is 19.1 Å². The van der Waals surface area contributed by atoms with E-state index in [1.807, 2.05) is 24.0 Å². The molecule has 1 aromatic heterocycles. The van der Waals surface area contributed by atoms with Gasteiger partial charge in [0.05, 0.1) is 18.8 Å². The SMILES string of the molecule is Cc1cc(OCCC(C)(C)O)ccc1-c1cccc(COc2ccc(Cn3oc(=O)[nH]c3=O)cc2)c1F. The number of rotatable bonds is 10. The lowest BCUT2D eigenvalue weighted by Gasteiger charge is -2.17. The maximum absolute atomic E-state index is 15.4. The number of H-pyrrole nitrogens is 1. The zero-order valence-corrected chi connectivity index (χ0v) is 20.9. The van der Waals surface area contributed by atoms with Crippen LogP contribution in [0.3, 0.4) is 0 Å². The number of hydrogen-bond acceptors (Lipinski definition) is 6. The highest BCUT2D eigenvalue weighted by Gasteiger charge is 2.15. The molecule has 0 saturated carbocycles. The van der Waals surface area contributed by atoms with Crippen LogP contribution in [0.2, 0.25) is 0 Å². The quantitative estimate of drug-likeness (QED) is 0.329. The maximum Gasteiger partial charge on any atom is 0.440 e. The third-order valence-corrected chi connectivity index (χ3v) is 5.82. The van der Waals surface area contributed by atoms with Crippen molar-refractivity contribution in [3.63, 3.8) is 0 Å². The molecule has 8 nitrogen and oxygen atoms in total. The predicted octanol–water partition coefficient (Wildman–Crippen LogP) is 4.41. The molecule has 37 heavy (non-hydrogen) atoms. The van der Waals surface area contributed by atoms with Gasteiger partial charge in [0.2, 0.25) is 0 Å². The zero-order chi connectivity index (χ0) is 26.6. The van der Waals surface area contributed by atoms with E-state index >= 15 is 4.39 Å². The largest absolute Gasteiger partial charge is 0.493 e. The molecule has 9 heteroatoms. The third-order valence-electron chi connectivity index (χ3n) is 5.82. The van der Waals surface area contributed by atoms with Crippen molar-refractivity contribution in [2.75, 3.05) is 6.61 Å². The zero-order valence-electron chi connectivity index (χ0n) is 20.9. The van der Waals surface area contributed by atoms with Crippen LogP contribution in [0.1, 0.15) is 37.0 Å². The minimum atomic E-state index is -0.809. The molecule has 4 rings (SSSR count). The highest BCUT2D eigenvalue weighted by Crippen LogP contribution is 2.31. The molecule has 0 aliphatic rings. The van der Waals surface area contributed by atoms with E-state index in [4.69, 9.17) is 14.0 Å². The van der Waals surface area contributed by atoms with Crippen molar-refractivity contribution in [3.8, 4) is 22.6 Å². The van der Waals surface area contributed by atoms with Crippen molar-refractivity contribution in [3.05, 3.63) is 104 Å². The molecule has 0 amide bonds. The number of benzene rings is 3. The van der Waals surface area contributed by atoms with Crippen LogP contribution in [0.5, 0.6) is 11.5 Å². The molecule has 4 aromatic rings. The second-order valence-electron chi connectivity index (χ2n) is 9.44. The predicted molar refractivity (Wildman–Crippen MR) is 136 cm³/mol. The van der Waals surface area contributed by atoms with E-state index in [-0.39, 0.29) is 19.0 Å². The molecule has 0 radical (unpaired) electrons. The Morgan fingerprint density at radius 2 is 1.73 bits per heavy atom. The number of hydrogen-bond donors (Lipinski definition) is 2. The lowest BCUT2D eigenvalue weighted by molar-refractivity contribution is 0.0553. The fourth-order valence-electron chi connectivity index (χ4n) is 3.78. The van der Waals surface area contributed by atoms with Gasteiger partial charge in [-0.15, -0.1) is 4.74 Å². The van der Waals surface area contributed by atoms with Crippen LogP contribution >= 0.6 is 0 Å². The van der Waals surface area contributed by atoms with Crippen molar-refractivity contribution >= 4 is 0 Å². The van der Waals surface area contributed by atoms with Gasteiger partial charge in [-0.25, -0.2) is 19.0 Å². The minimum Gasteiger partial charge on any atom is -0.493 e. The van der Waals surface area contributed by atoms with Gasteiger partial charge in [0.15, 0.2) is 0 Å². The smallest absolute Gasteiger partial charge is 0.440 e. The van der Waals surface area contributed by atoms with Gasteiger partial charge >= 0.3 is 11.4 Å². The molecule has 0 spiro atoms. The molecular weight excluding hydrogens is 479 g/mol. The molecule has 0 aliphatic heterocycles. The van der Waals surface area contributed by atoms with Crippen molar-refractivity contribution in [2.45, 2.75) is 45.9 Å². The van der Waals surface area contributed by atoms with E-state index in [0.717, 1.165) is 21.4 Å². The van der Waals surface area contributed by atoms with E-state index in [0.29, 0.717) is 35.7 Å². The summed E-state index contributed by atoms with van der Waals surface area (Å²) in [5, 5.41) is 9.84. The van der Waals surface area contributed by atoms with Crippen molar-refractivity contribution in [1.82, 2.24) is 9.72 Å². The van der Waals surface area contributed by atoms with E-state index in [2.05, 4.69) is 0 Å². The first-order valence-corrected chi connectivity index (χ1v) is 11.8. The van der Waals surface area contributed by atoms with E-state index in [1.165, 1.54) is 0 Å². The van der Waals surface area contributed by atoms with Gasteiger partial charge in [-0.2, -0.15) is 0 Å². The average molecular weight is 509 g/mol. The first kappa shape index (κ1) is 26.0. The summed E-state index contributed by atoms with van der Waals surface area (Å²) in [6.45, 7) is 5.87. The number of nitrogens with one attached hydrogen (secondary N) is 1. The number of nitrogens with zero attached hydrogens (tertiary/aromatic N) is 1. The summed E-state index contributed by atoms with van der Waals surface area (Å²) in [5.74, 6) is 0.0214. The summed E-state index contributed by atoms with van der Waals surface area (Å²) in [4.78, 5) is 24.7. The molecule has 194 valence electrons. The molecule has 1 heterocycles. The van der Waals surface area contributed by atoms with Gasteiger partial charge in [-0.3, -0.25) is 0 Å². The topological polar surface area (TPSA) is 107 Å². The number of aromatic nitrogens is 2. The number of aromatic amines is 1. The number of aliphatic hydroxyl groups is 1. The van der Waals surface area contributed by atoms with Gasteiger partial charge in [-0.1, -0.05) is 36.4 Å². The Balaban J connectivity index is 1.41. The minimum absolute atomic E-state index is 0.0301. The molecule has 0 fully saturated rings. The average Bonchev–Trinajstić information content (AvgIpc) is 3.15. The molecule has 0 atom stereocenters. The standard InChI is InChI=1S/C28H29FN2O6/c1-18-15-22(35-14-13-28(2,3)34)11-12-23(18)24-6-4-5-20(25(24)29)17-36-21-9-7-19(8-10-21)16-31-26(32)30-27(33)37-31/h4-12,15,34H,13-14,16-17H2,1-3H3,(H,30,32,33). The lowest BCUT2D eigenvalue weighted by Crippen LogP contribution is -2.21. The summed E-state index contributed by atoms with van der Waals surface area (Å²) in [6.07, 6.45) is 0.498. The van der Waals surface area contributed by atoms with Gasteiger partial charge in [0.1, 0.15) is 23.9 Å². The summed E-state index contributed by atoms with van der Waals surface area (Å²) in [7, 11) is 0. The van der Waals surface area contributed by atoms with E-state index in [9.17, 15) is 14.7 Å². The summed E-state index contributed by atoms with van der Waals surface area (Å²) in [5.41, 5.74) is 1.81. The monoisotopic (exact) mass is 508 g/mol. The van der Waals surface area contributed by atoms with Crippen LogP contribution in [0, 0.1) is 12.7 Å². The third kappa shape index (κ3) is 6.77. The van der Waals surface area contributed by atoms with Gasteiger partial charge in [0.25, 0.3) is 0 Å². The Bertz CT molecular complexity index is 1480. The Hall–Kier alpha value is -4.11. The van der Waals surface area contributed by atoms with Crippen molar-refractivity contribution < 1.29 is 23.5 Å². The summed E-state index contributed by atoms with van der Waals surface area (Å²) in [6, 6.07) is 17.5. The van der Waals surface area contributed by atoms with Crippen LogP contribution < -0.4 is 20.9 Å². The first-order valence-electron chi connectivity index (χ1n) is 11.8. The van der Waals surface area contributed by atoms with E-state index < -0.39 is 17.0 Å². The van der Waals surface area contributed by atoms with Gasteiger partial charge in [0, 0.05) is 17.5 Å². The molecule has 0 saturated heterocycles. The second kappa shape index (κ2) is 10.9. The summed E-state index contributed by atoms with van der Waals surface area (Å²) < 4.78 is 32.6. The molecule has 3 aromatic carbocycles. The molecular formula is C28H29FN2O6. The molecule has 0 bridgehead atoms. The molecule has 2 N–H and O–H groups in total. The first-order chi connectivity index (χ1) is 17.6. The summed E-state index contributed by atoms with van der Waals surface area (Å²) >= 11 is 0. The lowest BCUT2D eigenvalue weighted by atomic mass is 9.98. The maximum atomic E-state index is 15.4. The highest BCUT2D eigenvalue weighted by atomic mass is 19.1. The van der Waals surface area contributed by atoms with E-state index in [1.54, 1.807) is 62.4 Å². The van der Waals surface area contributed by atoms with Crippen molar-refractivity contribution in [1.29, 1.82) is 0 Å². The highest BCUT2D eigenvalue weighted by molar-refractivity contribution is 5.69. The Labute approximate surface area is 212 Å². The fourth-order valence-corrected chi connectivity index (χ4v) is 3.78. The Kier molecular flexibility index (Phi) is 7.63. The number of aryl methyl sites for hydroxylation is 1. The molecule has 0 aliphatic carbocycles. The van der Waals surface area contributed by atoms with Crippen LogP contribution in [0.15, 0.2) is 74.8 Å². The Morgan fingerprint density at radius 1 is 1.00 bits per heavy atom. The van der Waals surface area contributed by atoms with Crippen LogP contribution in [-0.2, 0) is 13.2 Å². The Morgan fingerprint density at radius 3 is 2.38 bits per heavy atom. The van der Waals surface area contributed by atoms with Crippen LogP contribution in [0.4, 0.5) is 4.39 Å². The van der Waals surface area contributed by atoms with Gasteiger partial charge in [-0.05, 0) is 61.7 Å². The van der Waals surface area contributed by atoms with Crippen LogP contribution in [-0.4, -0.2) is 27.0 Å². The number of ether oxygens (including phenoxy) is 2. The van der Waals surface area contributed by atoms with Crippen LogP contribution in [0.25, 0.3) is 11.1 Å². The fraction of sp³-hybridized carbons (Fsp3) is 0.286. The van der Waals surface area contributed by atoms with Crippen molar-refractivity contribution in [2.24, 2.45) is 0 Å². The normalized spacial score (nSPS) is 11.5. The molecule has 0 unspecified atom stereocenters.